The van der Waals surface area contributed by atoms with E-state index in [1.54, 1.807) is 6.21 Å². The number of hydrogen-bond acceptors (Lipinski definition) is 5. The van der Waals surface area contributed by atoms with Crippen molar-refractivity contribution in [1.29, 1.82) is 0 Å². The topological polar surface area (TPSA) is 76.7 Å². The molecule has 0 fully saturated rings. The lowest BCUT2D eigenvalue weighted by molar-refractivity contribution is -0.145. The van der Waals surface area contributed by atoms with Gasteiger partial charge in [0.25, 0.3) is 0 Å². The summed E-state index contributed by atoms with van der Waals surface area (Å²) in [5.41, 5.74) is 8.73. The largest absolute Gasteiger partial charge is 0.461 e. The van der Waals surface area contributed by atoms with Gasteiger partial charge >= 0.3 is 5.97 Å². The Balaban J connectivity index is 0.00000301. The van der Waals surface area contributed by atoms with E-state index >= 15 is 0 Å². The molecule has 26 heavy (non-hydrogen) atoms. The van der Waals surface area contributed by atoms with Gasteiger partial charge in [-0.15, -0.1) is 0 Å². The maximum Gasteiger partial charge on any atom is 0.308 e. The van der Waals surface area contributed by atoms with Crippen LogP contribution in [0.2, 0.25) is 0 Å². The monoisotopic (exact) mass is 359 g/mol. The van der Waals surface area contributed by atoms with E-state index in [2.05, 4.69) is 16.9 Å². The van der Waals surface area contributed by atoms with Gasteiger partial charge in [0.15, 0.2) is 0 Å². The number of nitrogens with one attached hydrogen (secondary N) is 1. The van der Waals surface area contributed by atoms with Crippen LogP contribution in [0.4, 0.5) is 0 Å². The van der Waals surface area contributed by atoms with Gasteiger partial charge in [0, 0.05) is 24.7 Å². The number of esters is 1. The molecular formula is C21H33N3O2. The molecule has 0 aromatic heterocycles. The molecule has 1 atom stereocenters. The fraction of sp³-hybridized carbons (Fsp3) is 0.429. The summed E-state index contributed by atoms with van der Waals surface area (Å²) in [6.07, 6.45) is 4.51. The summed E-state index contributed by atoms with van der Waals surface area (Å²) in [5, 5.41) is 3.15. The van der Waals surface area contributed by atoms with E-state index in [0.29, 0.717) is 12.2 Å². The van der Waals surface area contributed by atoms with Crippen LogP contribution in [0.5, 0.6) is 0 Å². The number of nitrogens with zero attached hydrogens (tertiary/aromatic N) is 1. The standard InChI is InChI=1S/C19H27N3O2.C2H6/c1-4-21-13-15(2)10-11-22-16(3)18(20)12-19(23)24-14-17-8-6-5-7-9-17;1-2/h4-9,13,18,22H,3,10-12,14,20H2,1-2H3;1-2H3/b15-13+,21-4?;. The number of carbonyl (C=O) groups is 1. The van der Waals surface area contributed by atoms with Crippen molar-refractivity contribution in [2.24, 2.45) is 10.7 Å². The van der Waals surface area contributed by atoms with Gasteiger partial charge in [0.05, 0.1) is 12.5 Å². The van der Waals surface area contributed by atoms with E-state index in [1.165, 1.54) is 0 Å². The van der Waals surface area contributed by atoms with E-state index in [9.17, 15) is 4.79 Å². The smallest absolute Gasteiger partial charge is 0.308 e. The van der Waals surface area contributed by atoms with Crippen molar-refractivity contribution in [1.82, 2.24) is 5.32 Å². The van der Waals surface area contributed by atoms with Crippen molar-refractivity contribution < 1.29 is 9.53 Å². The number of ether oxygens (including phenoxy) is 1. The Morgan fingerprint density at radius 1 is 1.35 bits per heavy atom. The molecular weight excluding hydrogens is 326 g/mol. The molecule has 0 aliphatic carbocycles. The first-order valence-corrected chi connectivity index (χ1v) is 9.04. The van der Waals surface area contributed by atoms with Gasteiger partial charge in [0.1, 0.15) is 6.61 Å². The zero-order valence-corrected chi connectivity index (χ0v) is 16.5. The number of aliphatic imine (C=N–C) groups is 1. The van der Waals surface area contributed by atoms with Gasteiger partial charge in [-0.25, -0.2) is 0 Å². The average Bonchev–Trinajstić information content (AvgIpc) is 2.67. The first kappa shape index (κ1) is 23.6. The fourth-order valence-corrected chi connectivity index (χ4v) is 1.92. The molecule has 1 aromatic rings. The Labute approximate surface area is 158 Å². The van der Waals surface area contributed by atoms with Gasteiger partial charge in [0.2, 0.25) is 0 Å². The highest BCUT2D eigenvalue weighted by atomic mass is 16.5. The highest BCUT2D eigenvalue weighted by molar-refractivity contribution is 5.70. The normalized spacial score (nSPS) is 12.1. The van der Waals surface area contributed by atoms with Gasteiger partial charge in [-0.1, -0.05) is 56.3 Å². The Hall–Kier alpha value is -2.40. The quantitative estimate of drug-likeness (QED) is 0.490. The molecule has 1 aromatic carbocycles. The van der Waals surface area contributed by atoms with Gasteiger partial charge < -0.3 is 15.8 Å². The lowest BCUT2D eigenvalue weighted by atomic mass is 10.1. The van der Waals surface area contributed by atoms with Crippen LogP contribution in [0.25, 0.3) is 0 Å². The molecule has 5 nitrogen and oxygen atoms in total. The first-order chi connectivity index (χ1) is 12.5. The molecule has 0 aliphatic rings. The second kappa shape index (κ2) is 14.9. The first-order valence-electron chi connectivity index (χ1n) is 9.04. The molecule has 0 amide bonds. The molecule has 1 unspecified atom stereocenters. The Bertz CT molecular complexity index is 580. The second-order valence-electron chi connectivity index (χ2n) is 5.54. The summed E-state index contributed by atoms with van der Waals surface area (Å²) < 4.78 is 5.22. The minimum absolute atomic E-state index is 0.105. The Kier molecular flexibility index (Phi) is 13.5. The molecule has 1 rings (SSSR count). The van der Waals surface area contributed by atoms with Crippen molar-refractivity contribution in [3.8, 4) is 0 Å². The van der Waals surface area contributed by atoms with Crippen molar-refractivity contribution in [2.75, 3.05) is 6.54 Å². The zero-order valence-electron chi connectivity index (χ0n) is 16.5. The maximum atomic E-state index is 11.8. The number of carbonyl (C=O) groups excluding carboxylic acids is 1. The van der Waals surface area contributed by atoms with Crippen LogP contribution >= 0.6 is 0 Å². The average molecular weight is 360 g/mol. The zero-order chi connectivity index (χ0) is 19.8. The van der Waals surface area contributed by atoms with Crippen LogP contribution in [0.3, 0.4) is 0 Å². The predicted molar refractivity (Wildman–Crippen MR) is 110 cm³/mol. The molecule has 0 saturated heterocycles. The van der Waals surface area contributed by atoms with Crippen LogP contribution in [0, 0.1) is 0 Å². The Morgan fingerprint density at radius 3 is 2.62 bits per heavy atom. The third-order valence-corrected chi connectivity index (χ3v) is 3.39. The van der Waals surface area contributed by atoms with Gasteiger partial charge in [-0.3, -0.25) is 9.79 Å². The van der Waals surface area contributed by atoms with Crippen LogP contribution in [0.15, 0.2) is 59.4 Å². The molecule has 0 spiro atoms. The number of nitrogens with two attached hydrogens (primary N) is 1. The van der Waals surface area contributed by atoms with Crippen molar-refractivity contribution in [3.63, 3.8) is 0 Å². The lowest BCUT2D eigenvalue weighted by Crippen LogP contribution is -2.33. The molecule has 0 aliphatic heterocycles. The highest BCUT2D eigenvalue weighted by Crippen LogP contribution is 2.05. The summed E-state index contributed by atoms with van der Waals surface area (Å²) in [6.45, 7) is 12.7. The molecule has 5 heteroatoms. The number of hydrogen-bond donors (Lipinski definition) is 2. The molecule has 144 valence electrons. The van der Waals surface area contributed by atoms with Gasteiger partial charge in [-0.05, 0) is 25.8 Å². The van der Waals surface area contributed by atoms with Gasteiger partial charge in [-0.2, -0.15) is 0 Å². The third kappa shape index (κ3) is 11.2. The summed E-state index contributed by atoms with van der Waals surface area (Å²) in [6, 6.07) is 9.08. The van der Waals surface area contributed by atoms with Crippen LogP contribution in [-0.4, -0.2) is 24.8 Å². The lowest BCUT2D eigenvalue weighted by Gasteiger charge is -2.16. The third-order valence-electron chi connectivity index (χ3n) is 3.39. The highest BCUT2D eigenvalue weighted by Gasteiger charge is 2.13. The Morgan fingerprint density at radius 2 is 2.00 bits per heavy atom. The van der Waals surface area contributed by atoms with E-state index in [4.69, 9.17) is 10.5 Å². The fourth-order valence-electron chi connectivity index (χ4n) is 1.92. The van der Waals surface area contributed by atoms with E-state index in [0.717, 1.165) is 17.6 Å². The van der Waals surface area contributed by atoms with Crippen LogP contribution < -0.4 is 11.1 Å². The van der Waals surface area contributed by atoms with E-state index in [-0.39, 0.29) is 19.0 Å². The molecule has 0 bridgehead atoms. The van der Waals surface area contributed by atoms with Crippen LogP contribution in [0.1, 0.15) is 46.1 Å². The maximum absolute atomic E-state index is 11.8. The second-order valence-corrected chi connectivity index (χ2v) is 5.54. The minimum Gasteiger partial charge on any atom is -0.461 e. The van der Waals surface area contributed by atoms with Crippen molar-refractivity contribution in [2.45, 2.75) is 53.2 Å². The minimum atomic E-state index is -0.466. The summed E-state index contributed by atoms with van der Waals surface area (Å²) >= 11 is 0. The summed E-state index contributed by atoms with van der Waals surface area (Å²) in [5.74, 6) is -0.331. The SMILES string of the molecule is C=C(NCC/C(C)=C/N=CC)C(N)CC(=O)OCc1ccccc1.CC. The van der Waals surface area contributed by atoms with Crippen LogP contribution in [-0.2, 0) is 16.1 Å². The van der Waals surface area contributed by atoms with Crippen molar-refractivity contribution >= 4 is 12.2 Å². The predicted octanol–water partition coefficient (Wildman–Crippen LogP) is 3.96. The molecule has 3 N–H and O–H groups in total. The number of rotatable bonds is 10. The molecule has 0 radical (unpaired) electrons. The van der Waals surface area contributed by atoms with E-state index < -0.39 is 6.04 Å². The molecule has 0 saturated carbocycles. The van der Waals surface area contributed by atoms with Crippen molar-refractivity contribution in [3.05, 3.63) is 59.9 Å². The van der Waals surface area contributed by atoms with E-state index in [1.807, 2.05) is 64.2 Å². The number of benzene rings is 1. The summed E-state index contributed by atoms with van der Waals surface area (Å²) in [4.78, 5) is 15.9. The molecule has 0 heterocycles. The summed E-state index contributed by atoms with van der Waals surface area (Å²) in [7, 11) is 0.